The summed E-state index contributed by atoms with van der Waals surface area (Å²) in [6, 6.07) is 7.05. The Hall–Kier alpha value is -2.08. The van der Waals surface area contributed by atoms with Crippen LogP contribution in [-0.4, -0.2) is 53.7 Å². The smallest absolute Gasteiger partial charge is 0.226 e. The van der Waals surface area contributed by atoms with Crippen molar-refractivity contribution in [3.05, 3.63) is 34.9 Å². The predicted octanol–water partition coefficient (Wildman–Crippen LogP) is 2.38. The quantitative estimate of drug-likeness (QED) is 0.725. The molecule has 2 atom stereocenters. The van der Waals surface area contributed by atoms with Gasteiger partial charge in [-0.2, -0.15) is 0 Å². The zero-order chi connectivity index (χ0) is 19.4. The molecular weight excluding hydrogens is 366 g/mol. The Balaban J connectivity index is 1.62. The van der Waals surface area contributed by atoms with Crippen molar-refractivity contribution in [3.63, 3.8) is 0 Å². The molecule has 2 aliphatic rings. The molecule has 0 bridgehead atoms. The fourth-order valence-corrected chi connectivity index (χ4v) is 4.30. The summed E-state index contributed by atoms with van der Waals surface area (Å²) in [5.41, 5.74) is 0.815. The topological polar surface area (TPSA) is 69.7 Å². The lowest BCUT2D eigenvalue weighted by atomic mass is 9.92. The third kappa shape index (κ3) is 4.26. The van der Waals surface area contributed by atoms with E-state index in [1.807, 2.05) is 30.0 Å². The lowest BCUT2D eigenvalue weighted by molar-refractivity contribution is -0.129. The molecule has 0 saturated carbocycles. The summed E-state index contributed by atoms with van der Waals surface area (Å²) in [6.45, 7) is 4.42. The van der Waals surface area contributed by atoms with Gasteiger partial charge in [-0.25, -0.2) is 0 Å². The highest BCUT2D eigenvalue weighted by Crippen LogP contribution is 2.40. The van der Waals surface area contributed by atoms with E-state index in [9.17, 15) is 14.4 Å². The molecule has 0 spiro atoms. The number of rotatable bonds is 7. The number of carbonyl (C=O) groups is 3. The second-order valence-corrected chi connectivity index (χ2v) is 7.49. The number of amides is 3. The molecule has 2 saturated heterocycles. The first-order valence-corrected chi connectivity index (χ1v) is 10.00. The van der Waals surface area contributed by atoms with Crippen LogP contribution in [0.2, 0.25) is 5.02 Å². The van der Waals surface area contributed by atoms with E-state index in [-0.39, 0.29) is 30.2 Å². The van der Waals surface area contributed by atoms with Gasteiger partial charge in [-0.15, -0.1) is 0 Å². The van der Waals surface area contributed by atoms with Crippen LogP contribution in [0.3, 0.4) is 0 Å². The second kappa shape index (κ2) is 8.74. The summed E-state index contributed by atoms with van der Waals surface area (Å²) >= 11 is 6.35. The molecule has 7 heteroatoms. The van der Waals surface area contributed by atoms with E-state index in [1.165, 1.54) is 0 Å². The van der Waals surface area contributed by atoms with Crippen LogP contribution in [0.25, 0.3) is 0 Å². The number of nitrogens with one attached hydrogen (secondary N) is 1. The summed E-state index contributed by atoms with van der Waals surface area (Å²) in [5.74, 6) is -0.409. The van der Waals surface area contributed by atoms with Gasteiger partial charge in [0, 0.05) is 44.0 Å². The maximum atomic E-state index is 12.8. The molecule has 0 aliphatic carbocycles. The van der Waals surface area contributed by atoms with Crippen LogP contribution in [0.15, 0.2) is 24.3 Å². The Morgan fingerprint density at radius 3 is 2.70 bits per heavy atom. The zero-order valence-electron chi connectivity index (χ0n) is 15.6. The molecule has 2 aliphatic heterocycles. The van der Waals surface area contributed by atoms with Crippen LogP contribution in [0.5, 0.6) is 0 Å². The van der Waals surface area contributed by atoms with Gasteiger partial charge in [-0.3, -0.25) is 14.4 Å². The van der Waals surface area contributed by atoms with Crippen molar-refractivity contribution in [2.75, 3.05) is 26.2 Å². The maximum Gasteiger partial charge on any atom is 0.226 e. The van der Waals surface area contributed by atoms with E-state index in [4.69, 9.17) is 11.6 Å². The fraction of sp³-hybridized carbons (Fsp3) is 0.550. The van der Waals surface area contributed by atoms with E-state index in [0.29, 0.717) is 37.5 Å². The van der Waals surface area contributed by atoms with Crippen LogP contribution in [0.4, 0.5) is 0 Å². The van der Waals surface area contributed by atoms with E-state index in [2.05, 4.69) is 5.32 Å². The monoisotopic (exact) mass is 391 g/mol. The Kier molecular flexibility index (Phi) is 6.37. The Morgan fingerprint density at radius 1 is 1.26 bits per heavy atom. The lowest BCUT2D eigenvalue weighted by Crippen LogP contribution is -2.37. The largest absolute Gasteiger partial charge is 0.356 e. The van der Waals surface area contributed by atoms with E-state index in [1.54, 1.807) is 11.0 Å². The van der Waals surface area contributed by atoms with Gasteiger partial charge in [0.1, 0.15) is 0 Å². The second-order valence-electron chi connectivity index (χ2n) is 7.09. The van der Waals surface area contributed by atoms with Crippen molar-refractivity contribution in [1.82, 2.24) is 15.1 Å². The van der Waals surface area contributed by atoms with Gasteiger partial charge in [0.25, 0.3) is 0 Å². The summed E-state index contributed by atoms with van der Waals surface area (Å²) < 4.78 is 0. The summed E-state index contributed by atoms with van der Waals surface area (Å²) in [6.07, 6.45) is 2.46. The molecule has 0 radical (unpaired) electrons. The normalized spacial score (nSPS) is 22.6. The number of halogens is 1. The highest BCUT2D eigenvalue weighted by Gasteiger charge is 2.44. The highest BCUT2D eigenvalue weighted by molar-refractivity contribution is 6.31. The molecule has 6 nitrogen and oxygen atoms in total. The molecule has 1 aromatic carbocycles. The van der Waals surface area contributed by atoms with E-state index < -0.39 is 5.92 Å². The average molecular weight is 392 g/mol. The van der Waals surface area contributed by atoms with Gasteiger partial charge >= 0.3 is 0 Å². The van der Waals surface area contributed by atoms with Crippen LogP contribution in [0, 0.1) is 5.92 Å². The molecule has 3 rings (SSSR count). The first-order chi connectivity index (χ1) is 13.0. The minimum atomic E-state index is -0.453. The van der Waals surface area contributed by atoms with Crippen LogP contribution < -0.4 is 5.32 Å². The van der Waals surface area contributed by atoms with Gasteiger partial charge in [0.15, 0.2) is 0 Å². The minimum absolute atomic E-state index is 0.0229. The Bertz CT molecular complexity index is 724. The van der Waals surface area contributed by atoms with E-state index >= 15 is 0 Å². The molecular formula is C20H26ClN3O3. The van der Waals surface area contributed by atoms with Crippen LogP contribution >= 0.6 is 11.6 Å². The molecule has 2 fully saturated rings. The number of carbonyl (C=O) groups excluding carboxylic acids is 3. The molecule has 0 unspecified atom stereocenters. The molecule has 0 aromatic heterocycles. The first-order valence-electron chi connectivity index (χ1n) is 9.62. The van der Waals surface area contributed by atoms with Gasteiger partial charge in [-0.1, -0.05) is 29.8 Å². The summed E-state index contributed by atoms with van der Waals surface area (Å²) in [7, 11) is 0. The molecule has 3 amide bonds. The van der Waals surface area contributed by atoms with Crippen molar-refractivity contribution >= 4 is 29.3 Å². The SMILES string of the molecule is CCN1C(=O)C[C@@H](C(=O)NCCCN2CCCC2=O)[C@@H]1c1ccccc1Cl. The zero-order valence-corrected chi connectivity index (χ0v) is 16.4. The van der Waals surface area contributed by atoms with Gasteiger partial charge < -0.3 is 15.1 Å². The van der Waals surface area contributed by atoms with E-state index in [0.717, 1.165) is 18.5 Å². The highest BCUT2D eigenvalue weighted by atomic mass is 35.5. The Morgan fingerprint density at radius 2 is 2.04 bits per heavy atom. The molecule has 2 heterocycles. The summed E-state index contributed by atoms with van der Waals surface area (Å²) in [5, 5.41) is 3.52. The number of benzene rings is 1. The van der Waals surface area contributed by atoms with Crippen molar-refractivity contribution < 1.29 is 14.4 Å². The van der Waals surface area contributed by atoms with Gasteiger partial charge in [-0.05, 0) is 31.4 Å². The average Bonchev–Trinajstić information content (AvgIpc) is 3.21. The van der Waals surface area contributed by atoms with Crippen LogP contribution in [-0.2, 0) is 14.4 Å². The third-order valence-corrected chi connectivity index (χ3v) is 5.75. The molecule has 146 valence electrons. The minimum Gasteiger partial charge on any atom is -0.356 e. The van der Waals surface area contributed by atoms with Gasteiger partial charge in [0.05, 0.1) is 12.0 Å². The molecule has 27 heavy (non-hydrogen) atoms. The number of hydrogen-bond donors (Lipinski definition) is 1. The van der Waals surface area contributed by atoms with Crippen molar-refractivity contribution in [3.8, 4) is 0 Å². The first kappa shape index (κ1) is 19.7. The van der Waals surface area contributed by atoms with Crippen LogP contribution in [0.1, 0.15) is 44.2 Å². The fourth-order valence-electron chi connectivity index (χ4n) is 4.05. The molecule has 1 aromatic rings. The lowest BCUT2D eigenvalue weighted by Gasteiger charge is -2.28. The number of nitrogens with zero attached hydrogens (tertiary/aromatic N) is 2. The van der Waals surface area contributed by atoms with Crippen molar-refractivity contribution in [1.29, 1.82) is 0 Å². The molecule has 1 N–H and O–H groups in total. The predicted molar refractivity (Wildman–Crippen MR) is 103 cm³/mol. The number of likely N-dealkylation sites (tertiary alicyclic amines) is 2. The summed E-state index contributed by atoms with van der Waals surface area (Å²) in [4.78, 5) is 40.4. The van der Waals surface area contributed by atoms with Crippen molar-refractivity contribution in [2.45, 2.75) is 38.6 Å². The third-order valence-electron chi connectivity index (χ3n) is 5.41. The maximum absolute atomic E-state index is 12.8. The van der Waals surface area contributed by atoms with Gasteiger partial charge in [0.2, 0.25) is 17.7 Å². The number of hydrogen-bond acceptors (Lipinski definition) is 3. The van der Waals surface area contributed by atoms with Crippen molar-refractivity contribution in [2.24, 2.45) is 5.92 Å². The standard InChI is InChI=1S/C20H26ClN3O3/c1-2-24-18(26)13-15(19(24)14-7-3-4-8-16(14)21)20(27)22-10-6-12-23-11-5-9-17(23)25/h3-4,7-8,15,19H,2,5-6,9-13H2,1H3,(H,22,27)/t15-,19+/m1/s1. The Labute approximate surface area is 164 Å².